The number of anilines is 1. The van der Waals surface area contributed by atoms with Gasteiger partial charge in [-0.1, -0.05) is 64.5 Å². The van der Waals surface area contributed by atoms with Crippen LogP contribution in [0, 0.1) is 13.8 Å². The second-order valence-electron chi connectivity index (χ2n) is 11.8. The first-order valence-electron chi connectivity index (χ1n) is 14.1. The Balaban J connectivity index is 1.91. The molecular formula is C33H42BrN3O4S. The van der Waals surface area contributed by atoms with Crippen molar-refractivity contribution in [3.63, 3.8) is 0 Å². The van der Waals surface area contributed by atoms with Crippen molar-refractivity contribution in [2.45, 2.75) is 72.0 Å². The van der Waals surface area contributed by atoms with Crippen molar-refractivity contribution < 1.29 is 18.0 Å². The maximum Gasteiger partial charge on any atom is 0.243 e. The highest BCUT2D eigenvalue weighted by atomic mass is 79.9. The molecule has 3 rings (SSSR count). The minimum atomic E-state index is -3.57. The normalized spacial score (nSPS) is 12.5. The van der Waals surface area contributed by atoms with Crippen molar-refractivity contribution in [3.8, 4) is 0 Å². The Morgan fingerprint density at radius 1 is 0.905 bits per heavy atom. The number of hydrogen-bond acceptors (Lipinski definition) is 4. The van der Waals surface area contributed by atoms with Crippen LogP contribution in [-0.4, -0.2) is 49.5 Å². The van der Waals surface area contributed by atoms with Crippen LogP contribution in [0.2, 0.25) is 0 Å². The fourth-order valence-electron chi connectivity index (χ4n) is 4.72. The van der Waals surface area contributed by atoms with E-state index in [9.17, 15) is 18.0 Å². The minimum absolute atomic E-state index is 0.0823. The summed E-state index contributed by atoms with van der Waals surface area (Å²) in [6.07, 6.45) is 1.91. The molecule has 1 N–H and O–H groups in total. The standard InChI is InChI=1S/C33H42BrN3O4S/c1-24-17-18-29(20-25(24)2)37(42(6,40)41)19-11-16-31(38)36(23-27-14-10-15-28(34)21-27)30(32(39)35-33(3,4)5)22-26-12-8-7-9-13-26/h7-10,12-15,17-18,20-21,30H,11,16,19,22-23H2,1-6H3,(H,35,39)/t30-/m0/s1. The average molecular weight is 657 g/mol. The Kier molecular flexibility index (Phi) is 11.4. The molecule has 3 aromatic rings. The molecule has 0 aliphatic carbocycles. The van der Waals surface area contributed by atoms with E-state index in [2.05, 4.69) is 21.2 Å². The zero-order chi connectivity index (χ0) is 31.1. The van der Waals surface area contributed by atoms with Gasteiger partial charge in [-0.2, -0.15) is 0 Å². The molecule has 7 nitrogen and oxygen atoms in total. The second-order valence-corrected chi connectivity index (χ2v) is 14.6. The Hall–Kier alpha value is -3.17. The fraction of sp³-hybridized carbons (Fsp3) is 0.394. The molecule has 0 aliphatic heterocycles. The van der Waals surface area contributed by atoms with Crippen molar-refractivity contribution in [1.29, 1.82) is 0 Å². The third kappa shape index (κ3) is 9.98. The van der Waals surface area contributed by atoms with E-state index in [1.807, 2.05) is 101 Å². The number of sulfonamides is 1. The predicted molar refractivity (Wildman–Crippen MR) is 174 cm³/mol. The summed E-state index contributed by atoms with van der Waals surface area (Å²) in [5, 5.41) is 3.07. The van der Waals surface area contributed by atoms with E-state index < -0.39 is 21.6 Å². The number of carbonyl (C=O) groups excluding carboxylic acids is 2. The lowest BCUT2D eigenvalue weighted by molar-refractivity contribution is -0.142. The SMILES string of the molecule is Cc1ccc(N(CCCC(=O)N(Cc2cccc(Br)c2)[C@@H](Cc2ccccc2)C(=O)NC(C)(C)C)S(C)(=O)=O)cc1C. The van der Waals surface area contributed by atoms with Gasteiger partial charge in [0.25, 0.3) is 0 Å². The summed E-state index contributed by atoms with van der Waals surface area (Å²) in [5.74, 6) is -0.448. The summed E-state index contributed by atoms with van der Waals surface area (Å²) in [4.78, 5) is 29.3. The summed E-state index contributed by atoms with van der Waals surface area (Å²) in [7, 11) is -3.57. The molecule has 0 aromatic heterocycles. The van der Waals surface area contributed by atoms with Crippen LogP contribution in [0.5, 0.6) is 0 Å². The third-order valence-corrected chi connectivity index (χ3v) is 8.63. The van der Waals surface area contributed by atoms with Crippen LogP contribution in [0.25, 0.3) is 0 Å². The highest BCUT2D eigenvalue weighted by molar-refractivity contribution is 9.10. The lowest BCUT2D eigenvalue weighted by Crippen LogP contribution is -2.54. The first-order chi connectivity index (χ1) is 19.6. The molecule has 0 aliphatic rings. The number of aryl methyl sites for hydroxylation is 2. The number of rotatable bonds is 12. The van der Waals surface area contributed by atoms with Gasteiger partial charge in [-0.15, -0.1) is 0 Å². The van der Waals surface area contributed by atoms with E-state index in [0.717, 1.165) is 26.7 Å². The number of halogens is 1. The van der Waals surface area contributed by atoms with Gasteiger partial charge < -0.3 is 10.2 Å². The van der Waals surface area contributed by atoms with Crippen LogP contribution in [-0.2, 0) is 32.6 Å². The number of benzene rings is 3. The van der Waals surface area contributed by atoms with Gasteiger partial charge in [0, 0.05) is 35.9 Å². The molecule has 0 radical (unpaired) electrons. The highest BCUT2D eigenvalue weighted by Gasteiger charge is 2.32. The predicted octanol–water partition coefficient (Wildman–Crippen LogP) is 6.17. The van der Waals surface area contributed by atoms with Crippen LogP contribution >= 0.6 is 15.9 Å². The third-order valence-electron chi connectivity index (χ3n) is 6.94. The molecule has 0 bridgehead atoms. The Morgan fingerprint density at radius 3 is 2.17 bits per heavy atom. The molecular weight excluding hydrogens is 614 g/mol. The van der Waals surface area contributed by atoms with Gasteiger partial charge in [0.05, 0.1) is 11.9 Å². The van der Waals surface area contributed by atoms with Gasteiger partial charge in [-0.05, 0) is 87.6 Å². The molecule has 0 unspecified atom stereocenters. The maximum absolute atomic E-state index is 14.0. The molecule has 0 spiro atoms. The van der Waals surface area contributed by atoms with Gasteiger partial charge in [0.1, 0.15) is 6.04 Å². The van der Waals surface area contributed by atoms with Crippen LogP contribution in [0.15, 0.2) is 77.3 Å². The van der Waals surface area contributed by atoms with Gasteiger partial charge in [0.15, 0.2) is 0 Å². The lowest BCUT2D eigenvalue weighted by atomic mass is 10.00. The summed E-state index contributed by atoms with van der Waals surface area (Å²) in [5.41, 5.74) is 3.97. The molecule has 9 heteroatoms. The molecule has 2 amide bonds. The van der Waals surface area contributed by atoms with E-state index in [4.69, 9.17) is 0 Å². The Morgan fingerprint density at radius 2 is 1.57 bits per heavy atom. The summed E-state index contributed by atoms with van der Waals surface area (Å²) in [6.45, 7) is 10.0. The first-order valence-corrected chi connectivity index (χ1v) is 16.7. The quantitative estimate of drug-likeness (QED) is 0.253. The zero-order valence-corrected chi connectivity index (χ0v) is 27.8. The summed E-state index contributed by atoms with van der Waals surface area (Å²) < 4.78 is 27.7. The molecule has 226 valence electrons. The van der Waals surface area contributed by atoms with Crippen molar-refractivity contribution in [1.82, 2.24) is 10.2 Å². The molecule has 42 heavy (non-hydrogen) atoms. The molecule has 0 heterocycles. The number of hydrogen-bond donors (Lipinski definition) is 1. The Bertz CT molecular complexity index is 1490. The topological polar surface area (TPSA) is 86.8 Å². The van der Waals surface area contributed by atoms with E-state index in [0.29, 0.717) is 18.5 Å². The van der Waals surface area contributed by atoms with Crippen LogP contribution in [0.3, 0.4) is 0 Å². The first kappa shape index (κ1) is 33.3. The molecule has 0 saturated carbocycles. The van der Waals surface area contributed by atoms with Crippen molar-refractivity contribution in [2.75, 3.05) is 17.1 Å². The van der Waals surface area contributed by atoms with Crippen molar-refractivity contribution in [2.24, 2.45) is 0 Å². The summed E-state index contributed by atoms with van der Waals surface area (Å²) >= 11 is 3.51. The van der Waals surface area contributed by atoms with Gasteiger partial charge in [0.2, 0.25) is 21.8 Å². The van der Waals surface area contributed by atoms with Gasteiger partial charge >= 0.3 is 0 Å². The van der Waals surface area contributed by atoms with Crippen LogP contribution in [0.4, 0.5) is 5.69 Å². The number of carbonyl (C=O) groups is 2. The van der Waals surface area contributed by atoms with E-state index in [1.165, 1.54) is 10.6 Å². The zero-order valence-electron chi connectivity index (χ0n) is 25.4. The number of nitrogens with one attached hydrogen (secondary N) is 1. The maximum atomic E-state index is 14.0. The van der Waals surface area contributed by atoms with Crippen molar-refractivity contribution >= 4 is 43.5 Å². The van der Waals surface area contributed by atoms with Gasteiger partial charge in [-0.25, -0.2) is 8.42 Å². The molecule has 0 fully saturated rings. The van der Waals surface area contributed by atoms with Crippen molar-refractivity contribution in [3.05, 3.63) is 99.5 Å². The number of amides is 2. The average Bonchev–Trinajstić information content (AvgIpc) is 2.89. The minimum Gasteiger partial charge on any atom is -0.350 e. The molecule has 0 saturated heterocycles. The smallest absolute Gasteiger partial charge is 0.243 e. The van der Waals surface area contributed by atoms with E-state index in [-0.39, 0.29) is 31.3 Å². The van der Waals surface area contributed by atoms with E-state index in [1.54, 1.807) is 11.0 Å². The number of nitrogens with zero attached hydrogens (tertiary/aromatic N) is 2. The Labute approximate surface area is 259 Å². The molecule has 3 aromatic carbocycles. The second kappa shape index (κ2) is 14.3. The van der Waals surface area contributed by atoms with Crippen LogP contribution < -0.4 is 9.62 Å². The largest absolute Gasteiger partial charge is 0.350 e. The highest BCUT2D eigenvalue weighted by Crippen LogP contribution is 2.23. The lowest BCUT2D eigenvalue weighted by Gasteiger charge is -2.34. The fourth-order valence-corrected chi connectivity index (χ4v) is 6.13. The monoisotopic (exact) mass is 655 g/mol. The van der Waals surface area contributed by atoms with Gasteiger partial charge in [-0.3, -0.25) is 13.9 Å². The summed E-state index contributed by atoms with van der Waals surface area (Å²) in [6, 6.07) is 22.1. The molecule has 1 atom stereocenters. The van der Waals surface area contributed by atoms with Crippen LogP contribution in [0.1, 0.15) is 55.9 Å². The van der Waals surface area contributed by atoms with E-state index >= 15 is 0 Å².